The Kier molecular flexibility index (Phi) is 9.06. The lowest BCUT2D eigenvalue weighted by Gasteiger charge is -2.25. The summed E-state index contributed by atoms with van der Waals surface area (Å²) in [5.74, 6) is -0.956. The van der Waals surface area contributed by atoms with Crippen molar-refractivity contribution in [2.75, 3.05) is 6.61 Å². The quantitative estimate of drug-likeness (QED) is 0.206. The maximum Gasteiger partial charge on any atom is 0.138 e. The number of aromatic nitrogens is 1. The van der Waals surface area contributed by atoms with E-state index in [-0.39, 0.29) is 43.9 Å². The van der Waals surface area contributed by atoms with Gasteiger partial charge < -0.3 is 18.9 Å². The standard InChI is InChI=1S/C30H28F3NO4S/c1-19-18-39-30(34-19)29-28(37-16-22-6-12-25(33)13-7-22)27(36-15-21-4-10-24(32)11-5-21)26(38-29)17-35-14-20-2-8-23(31)9-3-20/h2-13,18,26-29H,14-17H2,1H3/t26-,27-,28-,29-/m1/s1. The van der Waals surface area contributed by atoms with Crippen LogP contribution in [0.3, 0.4) is 0 Å². The summed E-state index contributed by atoms with van der Waals surface area (Å²) in [5.41, 5.74) is 3.30. The first-order chi connectivity index (χ1) is 18.9. The van der Waals surface area contributed by atoms with Gasteiger partial charge in [0.05, 0.1) is 26.4 Å². The minimum absolute atomic E-state index is 0.197. The van der Waals surface area contributed by atoms with E-state index in [1.807, 2.05) is 12.3 Å². The van der Waals surface area contributed by atoms with E-state index >= 15 is 0 Å². The van der Waals surface area contributed by atoms with Gasteiger partial charge in [0.2, 0.25) is 0 Å². The summed E-state index contributed by atoms with van der Waals surface area (Å²) in [5, 5.41) is 2.70. The summed E-state index contributed by atoms with van der Waals surface area (Å²) < 4.78 is 65.3. The van der Waals surface area contributed by atoms with Gasteiger partial charge in [-0.1, -0.05) is 36.4 Å². The predicted octanol–water partition coefficient (Wildman–Crippen LogP) is 6.70. The van der Waals surface area contributed by atoms with E-state index in [2.05, 4.69) is 4.98 Å². The molecule has 1 aromatic heterocycles. The van der Waals surface area contributed by atoms with Crippen LogP contribution in [0.15, 0.2) is 78.2 Å². The van der Waals surface area contributed by atoms with Crippen molar-refractivity contribution in [2.24, 2.45) is 0 Å². The Morgan fingerprint density at radius 2 is 1.21 bits per heavy atom. The van der Waals surface area contributed by atoms with Crippen LogP contribution >= 0.6 is 11.3 Å². The second-order valence-electron chi connectivity index (χ2n) is 9.37. The summed E-state index contributed by atoms with van der Waals surface area (Å²) in [6.45, 7) is 2.81. The van der Waals surface area contributed by atoms with E-state index in [9.17, 15) is 13.2 Å². The van der Waals surface area contributed by atoms with Crippen LogP contribution in [-0.2, 0) is 38.8 Å². The van der Waals surface area contributed by atoms with E-state index in [0.717, 1.165) is 27.4 Å². The maximum atomic E-state index is 13.4. The number of hydrogen-bond donors (Lipinski definition) is 0. The molecule has 0 aliphatic carbocycles. The maximum absolute atomic E-state index is 13.4. The van der Waals surface area contributed by atoms with E-state index in [4.69, 9.17) is 18.9 Å². The molecular formula is C30H28F3NO4S. The lowest BCUT2D eigenvalue weighted by Crippen LogP contribution is -2.37. The van der Waals surface area contributed by atoms with Gasteiger partial charge in [-0.2, -0.15) is 0 Å². The summed E-state index contributed by atoms with van der Waals surface area (Å²) in [6.07, 6.45) is -2.10. The van der Waals surface area contributed by atoms with E-state index < -0.39 is 24.4 Å². The van der Waals surface area contributed by atoms with Crippen molar-refractivity contribution in [1.82, 2.24) is 4.98 Å². The first-order valence-corrected chi connectivity index (χ1v) is 13.4. The molecule has 0 spiro atoms. The van der Waals surface area contributed by atoms with Crippen molar-refractivity contribution in [3.8, 4) is 0 Å². The number of halogens is 3. The topological polar surface area (TPSA) is 49.8 Å². The van der Waals surface area contributed by atoms with E-state index in [1.165, 1.54) is 47.7 Å². The second-order valence-corrected chi connectivity index (χ2v) is 10.3. The van der Waals surface area contributed by atoms with Crippen molar-refractivity contribution >= 4 is 11.3 Å². The number of thiazole rings is 1. The van der Waals surface area contributed by atoms with Gasteiger partial charge in [0.15, 0.2) is 0 Å². The van der Waals surface area contributed by atoms with Crippen molar-refractivity contribution in [3.63, 3.8) is 0 Å². The van der Waals surface area contributed by atoms with Gasteiger partial charge in [-0.15, -0.1) is 11.3 Å². The van der Waals surface area contributed by atoms with Crippen molar-refractivity contribution in [1.29, 1.82) is 0 Å². The highest BCUT2D eigenvalue weighted by atomic mass is 32.1. The van der Waals surface area contributed by atoms with Gasteiger partial charge >= 0.3 is 0 Å². The smallest absolute Gasteiger partial charge is 0.138 e. The molecule has 3 aromatic carbocycles. The third-order valence-corrected chi connectivity index (χ3v) is 7.39. The van der Waals surface area contributed by atoms with Crippen LogP contribution in [0, 0.1) is 24.4 Å². The van der Waals surface area contributed by atoms with Crippen molar-refractivity contribution in [3.05, 3.63) is 123 Å². The SMILES string of the molecule is Cc1csc([C@@H]2O[C@H](COCc3ccc(F)cc3)[C@@H](OCc3ccc(F)cc3)[C@H]2OCc2ccc(F)cc2)n1. The molecule has 4 atom stereocenters. The minimum atomic E-state index is -0.544. The van der Waals surface area contributed by atoms with Gasteiger partial charge in [0.25, 0.3) is 0 Å². The normalized spacial score (nSPS) is 20.9. The van der Waals surface area contributed by atoms with Crippen LogP contribution in [0.1, 0.15) is 33.5 Å². The fraction of sp³-hybridized carbons (Fsp3) is 0.300. The molecule has 4 aromatic rings. The molecule has 5 nitrogen and oxygen atoms in total. The molecule has 1 aliphatic heterocycles. The average Bonchev–Trinajstić information content (AvgIpc) is 3.52. The lowest BCUT2D eigenvalue weighted by molar-refractivity contribution is -0.0898. The lowest BCUT2D eigenvalue weighted by atomic mass is 10.1. The Morgan fingerprint density at radius 1 is 0.718 bits per heavy atom. The molecule has 0 saturated carbocycles. The number of nitrogens with zero attached hydrogens (tertiary/aromatic N) is 1. The third kappa shape index (κ3) is 7.32. The molecular weight excluding hydrogens is 527 g/mol. The molecule has 204 valence electrons. The van der Waals surface area contributed by atoms with Gasteiger partial charge in [-0.05, 0) is 60.0 Å². The van der Waals surface area contributed by atoms with Gasteiger partial charge in [-0.25, -0.2) is 18.2 Å². The molecule has 1 saturated heterocycles. The van der Waals surface area contributed by atoms with Gasteiger partial charge in [-0.3, -0.25) is 0 Å². The number of hydrogen-bond acceptors (Lipinski definition) is 6. The monoisotopic (exact) mass is 555 g/mol. The zero-order valence-corrected chi connectivity index (χ0v) is 22.1. The molecule has 1 fully saturated rings. The first kappa shape index (κ1) is 27.5. The third-order valence-electron chi connectivity index (χ3n) is 6.37. The number of benzene rings is 3. The molecule has 0 unspecified atom stereocenters. The zero-order chi connectivity index (χ0) is 27.2. The summed E-state index contributed by atoms with van der Waals surface area (Å²) in [6, 6.07) is 18.3. The molecule has 0 bridgehead atoms. The van der Waals surface area contributed by atoms with Crippen molar-refractivity contribution in [2.45, 2.75) is 51.2 Å². The molecule has 5 rings (SSSR count). The Labute approximate surface area is 229 Å². The molecule has 39 heavy (non-hydrogen) atoms. The van der Waals surface area contributed by atoms with Crippen LogP contribution in [0.4, 0.5) is 13.2 Å². The zero-order valence-electron chi connectivity index (χ0n) is 21.3. The Balaban J connectivity index is 1.35. The van der Waals surface area contributed by atoms with Crippen molar-refractivity contribution < 1.29 is 32.1 Å². The van der Waals surface area contributed by atoms with E-state index in [1.54, 1.807) is 36.4 Å². The molecule has 9 heteroatoms. The van der Waals surface area contributed by atoms with Crippen LogP contribution in [0.2, 0.25) is 0 Å². The van der Waals surface area contributed by atoms with Gasteiger partial charge in [0, 0.05) is 11.1 Å². The number of rotatable bonds is 11. The second kappa shape index (κ2) is 12.8. The van der Waals surface area contributed by atoms with Gasteiger partial charge in [0.1, 0.15) is 46.9 Å². The Morgan fingerprint density at radius 3 is 1.69 bits per heavy atom. The fourth-order valence-corrected chi connectivity index (χ4v) is 5.23. The molecule has 2 heterocycles. The van der Waals surface area contributed by atoms with Crippen LogP contribution in [0.25, 0.3) is 0 Å². The highest BCUT2D eigenvalue weighted by Crippen LogP contribution is 2.39. The first-order valence-electron chi connectivity index (χ1n) is 12.6. The molecule has 0 N–H and O–H groups in total. The highest BCUT2D eigenvalue weighted by molar-refractivity contribution is 7.09. The summed E-state index contributed by atoms with van der Waals surface area (Å²) >= 11 is 1.48. The number of aryl methyl sites for hydroxylation is 1. The highest BCUT2D eigenvalue weighted by Gasteiger charge is 2.48. The largest absolute Gasteiger partial charge is 0.374 e. The van der Waals surface area contributed by atoms with Crippen LogP contribution in [-0.4, -0.2) is 29.9 Å². The average molecular weight is 556 g/mol. The summed E-state index contributed by atoms with van der Waals surface area (Å²) in [7, 11) is 0. The number of ether oxygens (including phenoxy) is 4. The summed E-state index contributed by atoms with van der Waals surface area (Å²) in [4.78, 5) is 4.63. The molecule has 0 amide bonds. The molecule has 1 aliphatic rings. The Bertz CT molecular complexity index is 1330. The van der Waals surface area contributed by atoms with E-state index in [0.29, 0.717) is 0 Å². The Hall–Kier alpha value is -3.08. The van der Waals surface area contributed by atoms with Crippen LogP contribution in [0.5, 0.6) is 0 Å². The molecule has 0 radical (unpaired) electrons. The predicted molar refractivity (Wildman–Crippen MR) is 140 cm³/mol. The fourth-order valence-electron chi connectivity index (χ4n) is 4.37. The minimum Gasteiger partial charge on any atom is -0.374 e. The van der Waals surface area contributed by atoms with Crippen LogP contribution < -0.4 is 0 Å².